The quantitative estimate of drug-likeness (QED) is 0.776. The van der Waals surface area contributed by atoms with Crippen LogP contribution in [0.15, 0.2) is 46.8 Å². The summed E-state index contributed by atoms with van der Waals surface area (Å²) in [4.78, 5) is 18.3. The van der Waals surface area contributed by atoms with Gasteiger partial charge in [0.15, 0.2) is 0 Å². The SMILES string of the molecule is CC(=O)N(C)c1ccc(N=Cc2cccs2)cc1. The Hall–Kier alpha value is -1.94. The summed E-state index contributed by atoms with van der Waals surface area (Å²) >= 11 is 1.65. The van der Waals surface area contributed by atoms with Crippen LogP contribution in [0.5, 0.6) is 0 Å². The molecule has 0 aliphatic rings. The van der Waals surface area contributed by atoms with Gasteiger partial charge in [-0.15, -0.1) is 11.3 Å². The van der Waals surface area contributed by atoms with Crippen LogP contribution in [0.25, 0.3) is 0 Å². The van der Waals surface area contributed by atoms with Crippen molar-refractivity contribution in [3.8, 4) is 0 Å². The Labute approximate surface area is 110 Å². The Morgan fingerprint density at radius 2 is 2.00 bits per heavy atom. The number of hydrogen-bond donors (Lipinski definition) is 0. The fourth-order valence-electron chi connectivity index (χ4n) is 1.45. The van der Waals surface area contributed by atoms with Gasteiger partial charge in [-0.2, -0.15) is 0 Å². The second kappa shape index (κ2) is 5.60. The number of hydrogen-bond acceptors (Lipinski definition) is 3. The molecule has 0 atom stereocenters. The Morgan fingerprint density at radius 3 is 2.56 bits per heavy atom. The predicted octanol–water partition coefficient (Wildman–Crippen LogP) is 3.48. The summed E-state index contributed by atoms with van der Waals surface area (Å²) in [7, 11) is 1.76. The van der Waals surface area contributed by atoms with Crippen molar-refractivity contribution in [3.05, 3.63) is 46.7 Å². The average Bonchev–Trinajstić information content (AvgIpc) is 2.89. The zero-order valence-corrected chi connectivity index (χ0v) is 11.1. The van der Waals surface area contributed by atoms with Crippen LogP contribution in [0.4, 0.5) is 11.4 Å². The van der Waals surface area contributed by atoms with E-state index in [-0.39, 0.29) is 5.91 Å². The van der Waals surface area contributed by atoms with Crippen molar-refractivity contribution in [1.29, 1.82) is 0 Å². The number of carbonyl (C=O) groups excluding carboxylic acids is 1. The number of benzene rings is 1. The fourth-order valence-corrected chi connectivity index (χ4v) is 2.03. The smallest absolute Gasteiger partial charge is 0.223 e. The van der Waals surface area contributed by atoms with Crippen molar-refractivity contribution in [2.45, 2.75) is 6.92 Å². The molecule has 0 aliphatic carbocycles. The van der Waals surface area contributed by atoms with E-state index in [2.05, 4.69) is 4.99 Å². The molecule has 1 aromatic carbocycles. The Morgan fingerprint density at radius 1 is 1.28 bits per heavy atom. The molecule has 92 valence electrons. The van der Waals surface area contributed by atoms with Crippen molar-refractivity contribution >= 4 is 34.8 Å². The molecule has 0 saturated carbocycles. The predicted molar refractivity (Wildman–Crippen MR) is 77.1 cm³/mol. The van der Waals surface area contributed by atoms with Gasteiger partial charge in [-0.3, -0.25) is 9.79 Å². The second-order valence-electron chi connectivity index (χ2n) is 3.87. The van der Waals surface area contributed by atoms with Gasteiger partial charge in [0.25, 0.3) is 0 Å². The monoisotopic (exact) mass is 258 g/mol. The van der Waals surface area contributed by atoms with Crippen LogP contribution in [0.1, 0.15) is 11.8 Å². The highest BCUT2D eigenvalue weighted by atomic mass is 32.1. The highest BCUT2D eigenvalue weighted by Crippen LogP contribution is 2.19. The third-order valence-electron chi connectivity index (χ3n) is 2.59. The van der Waals surface area contributed by atoms with E-state index in [1.807, 2.05) is 48.0 Å². The van der Waals surface area contributed by atoms with Gasteiger partial charge in [0.05, 0.1) is 5.69 Å². The van der Waals surface area contributed by atoms with Crippen LogP contribution in [0, 0.1) is 0 Å². The van der Waals surface area contributed by atoms with Crippen LogP contribution in [0.3, 0.4) is 0 Å². The zero-order chi connectivity index (χ0) is 13.0. The fraction of sp³-hybridized carbons (Fsp3) is 0.143. The third kappa shape index (κ3) is 3.05. The topological polar surface area (TPSA) is 32.7 Å². The molecule has 4 heteroatoms. The number of thiophene rings is 1. The van der Waals surface area contributed by atoms with Gasteiger partial charge in [0.1, 0.15) is 0 Å². The van der Waals surface area contributed by atoms with E-state index >= 15 is 0 Å². The van der Waals surface area contributed by atoms with Gasteiger partial charge >= 0.3 is 0 Å². The summed E-state index contributed by atoms with van der Waals surface area (Å²) < 4.78 is 0. The van der Waals surface area contributed by atoms with E-state index in [0.29, 0.717) is 0 Å². The molecule has 2 rings (SSSR count). The average molecular weight is 258 g/mol. The van der Waals surface area contributed by atoms with Crippen molar-refractivity contribution < 1.29 is 4.79 Å². The summed E-state index contributed by atoms with van der Waals surface area (Å²) in [6, 6.07) is 11.6. The summed E-state index contributed by atoms with van der Waals surface area (Å²) in [6.45, 7) is 1.54. The molecule has 0 aliphatic heterocycles. The lowest BCUT2D eigenvalue weighted by Crippen LogP contribution is -2.22. The maximum Gasteiger partial charge on any atom is 0.223 e. The van der Waals surface area contributed by atoms with E-state index in [1.54, 1.807) is 30.2 Å². The standard InChI is InChI=1S/C14H14N2OS/c1-11(17)16(2)13-7-5-12(6-8-13)15-10-14-4-3-9-18-14/h3-10H,1-2H3. The van der Waals surface area contributed by atoms with Crippen molar-refractivity contribution in [1.82, 2.24) is 0 Å². The second-order valence-corrected chi connectivity index (χ2v) is 4.85. The molecule has 1 heterocycles. The summed E-state index contributed by atoms with van der Waals surface area (Å²) in [5.41, 5.74) is 1.75. The molecule has 0 fully saturated rings. The summed E-state index contributed by atoms with van der Waals surface area (Å²) in [6.07, 6.45) is 1.84. The minimum absolute atomic E-state index is 0.0184. The lowest BCUT2D eigenvalue weighted by molar-refractivity contribution is -0.116. The van der Waals surface area contributed by atoms with Gasteiger partial charge in [-0.05, 0) is 35.7 Å². The minimum Gasteiger partial charge on any atom is -0.316 e. The Bertz CT molecular complexity index is 544. The van der Waals surface area contributed by atoms with Gasteiger partial charge in [-0.25, -0.2) is 0 Å². The molecule has 0 bridgehead atoms. The number of nitrogens with zero attached hydrogens (tertiary/aromatic N) is 2. The van der Waals surface area contributed by atoms with Crippen molar-refractivity contribution in [2.24, 2.45) is 4.99 Å². The number of aliphatic imine (C=N–C) groups is 1. The number of rotatable bonds is 3. The molecule has 0 spiro atoms. The molecule has 0 radical (unpaired) electrons. The lowest BCUT2D eigenvalue weighted by atomic mass is 10.2. The molecule has 0 N–H and O–H groups in total. The Balaban J connectivity index is 2.11. The van der Waals surface area contributed by atoms with E-state index in [9.17, 15) is 4.79 Å². The highest BCUT2D eigenvalue weighted by Gasteiger charge is 2.04. The molecular weight excluding hydrogens is 244 g/mol. The van der Waals surface area contributed by atoms with E-state index in [1.165, 1.54) is 0 Å². The summed E-state index contributed by atoms with van der Waals surface area (Å²) in [5, 5.41) is 2.02. The maximum atomic E-state index is 11.2. The molecule has 2 aromatic rings. The Kier molecular flexibility index (Phi) is 3.89. The van der Waals surface area contributed by atoms with Crippen molar-refractivity contribution in [2.75, 3.05) is 11.9 Å². The first-order valence-corrected chi connectivity index (χ1v) is 6.47. The third-order valence-corrected chi connectivity index (χ3v) is 3.40. The van der Waals surface area contributed by atoms with Crippen LogP contribution >= 0.6 is 11.3 Å². The first-order valence-electron chi connectivity index (χ1n) is 5.59. The van der Waals surface area contributed by atoms with E-state index in [0.717, 1.165) is 16.3 Å². The molecule has 18 heavy (non-hydrogen) atoms. The highest BCUT2D eigenvalue weighted by molar-refractivity contribution is 7.11. The number of anilines is 1. The molecule has 1 amide bonds. The van der Waals surface area contributed by atoms with Crippen LogP contribution in [0.2, 0.25) is 0 Å². The number of carbonyl (C=O) groups is 1. The first kappa shape index (κ1) is 12.5. The largest absolute Gasteiger partial charge is 0.316 e. The lowest BCUT2D eigenvalue weighted by Gasteiger charge is -2.14. The van der Waals surface area contributed by atoms with E-state index < -0.39 is 0 Å². The zero-order valence-electron chi connectivity index (χ0n) is 10.3. The van der Waals surface area contributed by atoms with Crippen LogP contribution < -0.4 is 4.90 Å². The van der Waals surface area contributed by atoms with Gasteiger partial charge < -0.3 is 4.90 Å². The van der Waals surface area contributed by atoms with Crippen molar-refractivity contribution in [3.63, 3.8) is 0 Å². The van der Waals surface area contributed by atoms with E-state index in [4.69, 9.17) is 0 Å². The van der Waals surface area contributed by atoms with Crippen LogP contribution in [-0.4, -0.2) is 19.2 Å². The molecule has 1 aromatic heterocycles. The molecule has 3 nitrogen and oxygen atoms in total. The minimum atomic E-state index is 0.0184. The number of amides is 1. The van der Waals surface area contributed by atoms with Gasteiger partial charge in [-0.1, -0.05) is 6.07 Å². The maximum absolute atomic E-state index is 11.2. The van der Waals surface area contributed by atoms with Gasteiger partial charge in [0, 0.05) is 30.8 Å². The normalized spacial score (nSPS) is 10.8. The summed E-state index contributed by atoms with van der Waals surface area (Å²) in [5.74, 6) is 0.0184. The molecule has 0 unspecified atom stereocenters. The van der Waals surface area contributed by atoms with Crippen LogP contribution in [-0.2, 0) is 4.79 Å². The van der Waals surface area contributed by atoms with Gasteiger partial charge in [0.2, 0.25) is 5.91 Å². The molecular formula is C14H14N2OS. The molecule has 0 saturated heterocycles. The first-order chi connectivity index (χ1) is 8.66.